The Kier molecular flexibility index (Phi) is 12.9. The second-order valence-corrected chi connectivity index (χ2v) is 8.49. The molecule has 3 heteroatoms. The molecular formula is C20H38O2S. The predicted molar refractivity (Wildman–Crippen MR) is 102 cm³/mol. The van der Waals surface area contributed by atoms with E-state index in [1.165, 1.54) is 90.6 Å². The van der Waals surface area contributed by atoms with E-state index >= 15 is 0 Å². The van der Waals surface area contributed by atoms with E-state index in [4.69, 9.17) is 0 Å². The standard InChI is InChI=1S/C20H38O2S/c1-3-4-5-6-7-8-9-10-11-12-13-15-18-19(23-18)16-14-17-20(21)22-2/h18-19H,3-17H2,1-2H3. The number of esters is 1. The summed E-state index contributed by atoms with van der Waals surface area (Å²) in [5, 5.41) is 1.73. The fraction of sp³-hybridized carbons (Fsp3) is 0.950. The lowest BCUT2D eigenvalue weighted by Gasteiger charge is -2.02. The highest BCUT2D eigenvalue weighted by Gasteiger charge is 2.36. The van der Waals surface area contributed by atoms with Crippen LogP contribution in [0.2, 0.25) is 0 Å². The molecule has 1 fully saturated rings. The number of rotatable bonds is 16. The zero-order chi connectivity index (χ0) is 16.8. The maximum absolute atomic E-state index is 11.1. The van der Waals surface area contributed by atoms with Gasteiger partial charge in [0.25, 0.3) is 0 Å². The molecule has 0 N–H and O–H groups in total. The molecule has 2 unspecified atom stereocenters. The van der Waals surface area contributed by atoms with E-state index in [2.05, 4.69) is 23.4 Å². The minimum Gasteiger partial charge on any atom is -0.469 e. The molecule has 2 nitrogen and oxygen atoms in total. The van der Waals surface area contributed by atoms with Gasteiger partial charge in [-0.15, -0.1) is 0 Å². The zero-order valence-corrected chi connectivity index (χ0v) is 16.3. The summed E-state index contributed by atoms with van der Waals surface area (Å²) in [6.07, 6.45) is 19.9. The summed E-state index contributed by atoms with van der Waals surface area (Å²) in [4.78, 5) is 11.1. The van der Waals surface area contributed by atoms with Crippen LogP contribution in [0.15, 0.2) is 0 Å². The Morgan fingerprint density at radius 3 is 1.78 bits per heavy atom. The normalized spacial score (nSPS) is 19.7. The average Bonchev–Trinajstić information content (AvgIpc) is 3.30. The van der Waals surface area contributed by atoms with Crippen molar-refractivity contribution in [1.82, 2.24) is 0 Å². The van der Waals surface area contributed by atoms with Crippen molar-refractivity contribution in [3.63, 3.8) is 0 Å². The molecule has 2 atom stereocenters. The highest BCUT2D eigenvalue weighted by atomic mass is 32.2. The van der Waals surface area contributed by atoms with Crippen molar-refractivity contribution in [2.75, 3.05) is 7.11 Å². The van der Waals surface area contributed by atoms with Gasteiger partial charge in [0.05, 0.1) is 7.11 Å². The van der Waals surface area contributed by atoms with E-state index in [-0.39, 0.29) is 5.97 Å². The topological polar surface area (TPSA) is 26.3 Å². The number of carbonyl (C=O) groups excluding carboxylic acids is 1. The van der Waals surface area contributed by atoms with Crippen LogP contribution in [0.4, 0.5) is 0 Å². The van der Waals surface area contributed by atoms with Crippen LogP contribution in [0.25, 0.3) is 0 Å². The van der Waals surface area contributed by atoms with E-state index in [1.54, 1.807) is 0 Å². The number of ether oxygens (including phenoxy) is 1. The molecule has 1 aliphatic rings. The summed E-state index contributed by atoms with van der Waals surface area (Å²) < 4.78 is 4.68. The maximum atomic E-state index is 11.1. The summed E-state index contributed by atoms with van der Waals surface area (Å²) in [7, 11) is 1.48. The maximum Gasteiger partial charge on any atom is 0.305 e. The van der Waals surface area contributed by atoms with E-state index in [0.29, 0.717) is 6.42 Å². The average molecular weight is 343 g/mol. The van der Waals surface area contributed by atoms with Crippen molar-refractivity contribution in [3.8, 4) is 0 Å². The fourth-order valence-electron chi connectivity index (χ4n) is 3.25. The van der Waals surface area contributed by atoms with Gasteiger partial charge in [-0.3, -0.25) is 4.79 Å². The van der Waals surface area contributed by atoms with Crippen molar-refractivity contribution in [3.05, 3.63) is 0 Å². The monoisotopic (exact) mass is 342 g/mol. The van der Waals surface area contributed by atoms with E-state index in [1.807, 2.05) is 0 Å². The molecule has 0 spiro atoms. The number of unbranched alkanes of at least 4 members (excludes halogenated alkanes) is 10. The molecule has 23 heavy (non-hydrogen) atoms. The van der Waals surface area contributed by atoms with Crippen LogP contribution in [-0.2, 0) is 9.53 Å². The molecule has 0 aliphatic carbocycles. The van der Waals surface area contributed by atoms with Crippen LogP contribution in [0.1, 0.15) is 103 Å². The largest absolute Gasteiger partial charge is 0.469 e. The molecule has 0 aromatic carbocycles. The first kappa shape index (κ1) is 20.9. The molecule has 0 aromatic heterocycles. The van der Waals surface area contributed by atoms with Crippen molar-refractivity contribution >= 4 is 17.7 Å². The smallest absolute Gasteiger partial charge is 0.305 e. The minimum absolute atomic E-state index is 0.0578. The molecule has 0 bridgehead atoms. The quantitative estimate of drug-likeness (QED) is 0.181. The van der Waals surface area contributed by atoms with E-state index in [0.717, 1.165) is 16.9 Å². The summed E-state index contributed by atoms with van der Waals surface area (Å²) in [6.45, 7) is 2.28. The number of thioether (sulfide) groups is 1. The third kappa shape index (κ3) is 11.9. The van der Waals surface area contributed by atoms with Gasteiger partial charge in [0.2, 0.25) is 0 Å². The SMILES string of the molecule is CCCCCCCCCCCCCC1SC1CCCC(=O)OC. The molecule has 0 radical (unpaired) electrons. The lowest BCUT2D eigenvalue weighted by atomic mass is 10.0. The third-order valence-corrected chi connectivity index (χ3v) is 6.39. The van der Waals surface area contributed by atoms with Crippen LogP contribution in [0.5, 0.6) is 0 Å². The highest BCUT2D eigenvalue weighted by molar-refractivity contribution is 8.07. The highest BCUT2D eigenvalue weighted by Crippen LogP contribution is 2.47. The van der Waals surface area contributed by atoms with Crippen molar-refractivity contribution in [1.29, 1.82) is 0 Å². The first-order valence-corrected chi connectivity index (χ1v) is 10.9. The van der Waals surface area contributed by atoms with E-state index in [9.17, 15) is 4.79 Å². The molecule has 1 heterocycles. The Balaban J connectivity index is 1.75. The number of methoxy groups -OCH3 is 1. The second-order valence-electron chi connectivity index (χ2n) is 7.01. The van der Waals surface area contributed by atoms with Gasteiger partial charge < -0.3 is 4.74 Å². The van der Waals surface area contributed by atoms with Gasteiger partial charge in [0, 0.05) is 16.9 Å². The minimum atomic E-state index is -0.0578. The van der Waals surface area contributed by atoms with E-state index < -0.39 is 0 Å². The van der Waals surface area contributed by atoms with Crippen LogP contribution >= 0.6 is 11.8 Å². The lowest BCUT2D eigenvalue weighted by Crippen LogP contribution is -2.01. The zero-order valence-electron chi connectivity index (χ0n) is 15.5. The Hall–Kier alpha value is -0.180. The number of carbonyl (C=O) groups is 1. The first-order chi connectivity index (χ1) is 11.3. The molecular weight excluding hydrogens is 304 g/mol. The van der Waals surface area contributed by atoms with Gasteiger partial charge >= 0.3 is 5.97 Å². The van der Waals surface area contributed by atoms with Crippen molar-refractivity contribution < 1.29 is 9.53 Å². The molecule has 0 saturated carbocycles. The van der Waals surface area contributed by atoms with Gasteiger partial charge in [-0.1, -0.05) is 77.6 Å². The second kappa shape index (κ2) is 14.2. The number of hydrogen-bond acceptors (Lipinski definition) is 3. The number of hydrogen-bond donors (Lipinski definition) is 0. The molecule has 1 aliphatic heterocycles. The molecule has 136 valence electrons. The van der Waals surface area contributed by atoms with Crippen LogP contribution < -0.4 is 0 Å². The summed E-state index contributed by atoms with van der Waals surface area (Å²) >= 11 is 2.13. The summed E-state index contributed by atoms with van der Waals surface area (Å²) in [5.41, 5.74) is 0. The van der Waals surface area contributed by atoms with Crippen molar-refractivity contribution in [2.24, 2.45) is 0 Å². The van der Waals surface area contributed by atoms with Crippen LogP contribution in [0.3, 0.4) is 0 Å². The molecule has 0 amide bonds. The van der Waals surface area contributed by atoms with Crippen LogP contribution in [-0.4, -0.2) is 23.6 Å². The summed E-state index contributed by atoms with van der Waals surface area (Å²) in [6, 6.07) is 0. The van der Waals surface area contributed by atoms with Gasteiger partial charge in [-0.25, -0.2) is 0 Å². The van der Waals surface area contributed by atoms with Crippen LogP contribution in [0, 0.1) is 0 Å². The fourth-order valence-corrected chi connectivity index (χ4v) is 4.48. The predicted octanol–water partition coefficient (Wildman–Crippen LogP) is 6.51. The van der Waals surface area contributed by atoms with Gasteiger partial charge in [-0.05, 0) is 19.3 Å². The Labute approximate surface area is 148 Å². The Morgan fingerprint density at radius 1 is 0.783 bits per heavy atom. The van der Waals surface area contributed by atoms with Gasteiger partial charge in [0.15, 0.2) is 0 Å². The first-order valence-electron chi connectivity index (χ1n) is 10.00. The Morgan fingerprint density at radius 2 is 1.26 bits per heavy atom. The molecule has 1 rings (SSSR count). The molecule has 0 aromatic rings. The van der Waals surface area contributed by atoms with Crippen molar-refractivity contribution in [2.45, 2.75) is 114 Å². The van der Waals surface area contributed by atoms with Gasteiger partial charge in [-0.2, -0.15) is 11.8 Å². The van der Waals surface area contributed by atoms with Gasteiger partial charge in [0.1, 0.15) is 0 Å². The molecule has 1 saturated heterocycles. The third-order valence-electron chi connectivity index (χ3n) is 4.88. The lowest BCUT2D eigenvalue weighted by molar-refractivity contribution is -0.140. The Bertz CT molecular complexity index is 293. The summed E-state index contributed by atoms with van der Waals surface area (Å²) in [5.74, 6) is -0.0578.